The van der Waals surface area contributed by atoms with Gasteiger partial charge in [0.1, 0.15) is 0 Å². The second-order valence-electron chi connectivity index (χ2n) is 2.60. The van der Waals surface area contributed by atoms with Crippen LogP contribution in [0.3, 0.4) is 0 Å². The highest BCUT2D eigenvalue weighted by atomic mass is 35.5. The second-order valence-corrected chi connectivity index (χ2v) is 4.31. The molecule has 0 unspecified atom stereocenters. The quantitative estimate of drug-likeness (QED) is 0.620. The highest BCUT2D eigenvalue weighted by Gasteiger charge is 1.92. The molecule has 0 bridgehead atoms. The van der Waals surface area contributed by atoms with E-state index in [-0.39, 0.29) is 0 Å². The third kappa shape index (κ3) is 2.35. The summed E-state index contributed by atoms with van der Waals surface area (Å²) in [4.78, 5) is 4.95. The molecule has 0 aromatic carbocycles. The van der Waals surface area contributed by atoms with Crippen molar-refractivity contribution in [1.29, 1.82) is 0 Å². The summed E-state index contributed by atoms with van der Waals surface area (Å²) in [5, 5.41) is 0. The number of pyridine rings is 1. The van der Waals surface area contributed by atoms with Crippen LogP contribution in [0.2, 0.25) is 4.34 Å². The van der Waals surface area contributed by atoms with Crippen molar-refractivity contribution in [3.05, 3.63) is 51.4 Å². The molecule has 0 saturated heterocycles. The smallest absolute Gasteiger partial charge is 0.0941 e. The summed E-state index contributed by atoms with van der Waals surface area (Å²) in [5.74, 6) is 6.04. The van der Waals surface area contributed by atoms with Gasteiger partial charge >= 0.3 is 0 Å². The van der Waals surface area contributed by atoms with Crippen molar-refractivity contribution >= 4 is 22.9 Å². The van der Waals surface area contributed by atoms with Gasteiger partial charge in [0.2, 0.25) is 0 Å². The highest BCUT2D eigenvalue weighted by Crippen LogP contribution is 2.20. The second kappa shape index (κ2) is 4.28. The first-order valence-electron chi connectivity index (χ1n) is 4.02. The molecule has 0 aliphatic heterocycles. The third-order valence-electron chi connectivity index (χ3n) is 1.56. The minimum absolute atomic E-state index is 0.764. The van der Waals surface area contributed by atoms with Gasteiger partial charge in [-0.05, 0) is 24.3 Å². The number of rotatable bonds is 0. The molecular weight excluding hydrogens is 214 g/mol. The van der Waals surface area contributed by atoms with Crippen LogP contribution < -0.4 is 0 Å². The van der Waals surface area contributed by atoms with Gasteiger partial charge in [-0.2, -0.15) is 0 Å². The lowest BCUT2D eigenvalue weighted by atomic mass is 10.3. The summed E-state index contributed by atoms with van der Waals surface area (Å²) < 4.78 is 0.764. The van der Waals surface area contributed by atoms with E-state index in [0.29, 0.717) is 0 Å². The first-order chi connectivity index (χ1) is 6.84. The Morgan fingerprint density at radius 1 is 1.21 bits per heavy atom. The molecule has 2 rings (SSSR count). The molecule has 0 aliphatic carbocycles. The van der Waals surface area contributed by atoms with Gasteiger partial charge < -0.3 is 0 Å². The summed E-state index contributed by atoms with van der Waals surface area (Å²) in [6, 6.07) is 7.55. The molecule has 0 saturated carbocycles. The summed E-state index contributed by atoms with van der Waals surface area (Å²) in [7, 11) is 0. The average molecular weight is 220 g/mol. The third-order valence-corrected chi connectivity index (χ3v) is 2.71. The summed E-state index contributed by atoms with van der Waals surface area (Å²) in [6.07, 6.45) is 3.47. The van der Waals surface area contributed by atoms with E-state index in [2.05, 4.69) is 16.8 Å². The summed E-state index contributed by atoms with van der Waals surface area (Å²) in [6.45, 7) is 0. The molecule has 14 heavy (non-hydrogen) atoms. The van der Waals surface area contributed by atoms with E-state index in [0.717, 1.165) is 14.8 Å². The maximum Gasteiger partial charge on any atom is 0.0941 e. The minimum atomic E-state index is 0.764. The molecule has 3 heteroatoms. The molecule has 0 radical (unpaired) electrons. The molecule has 0 aliphatic rings. The maximum absolute atomic E-state index is 5.78. The van der Waals surface area contributed by atoms with Crippen LogP contribution in [0.5, 0.6) is 0 Å². The Bertz CT molecular complexity index is 479. The van der Waals surface area contributed by atoms with E-state index in [1.165, 1.54) is 11.3 Å². The van der Waals surface area contributed by atoms with Crippen molar-refractivity contribution in [2.45, 2.75) is 0 Å². The number of aromatic nitrogens is 1. The van der Waals surface area contributed by atoms with Crippen LogP contribution in [-0.4, -0.2) is 4.98 Å². The van der Waals surface area contributed by atoms with Gasteiger partial charge in [-0.1, -0.05) is 23.4 Å². The lowest BCUT2D eigenvalue weighted by Gasteiger charge is -1.84. The van der Waals surface area contributed by atoms with Gasteiger partial charge in [-0.3, -0.25) is 4.98 Å². The molecule has 2 aromatic heterocycles. The fraction of sp³-hybridized carbons (Fsp3) is 0. The van der Waals surface area contributed by atoms with Gasteiger partial charge in [0, 0.05) is 18.0 Å². The number of thiophene rings is 1. The van der Waals surface area contributed by atoms with E-state index in [9.17, 15) is 0 Å². The molecule has 1 nitrogen and oxygen atoms in total. The Labute approximate surface area is 91.4 Å². The largest absolute Gasteiger partial charge is 0.263 e. The fourth-order valence-electron chi connectivity index (χ4n) is 0.952. The van der Waals surface area contributed by atoms with Crippen molar-refractivity contribution in [2.24, 2.45) is 0 Å². The molecule has 68 valence electrons. The van der Waals surface area contributed by atoms with Crippen molar-refractivity contribution < 1.29 is 0 Å². The molecule has 0 spiro atoms. The standard InChI is InChI=1S/C11H6ClNS/c12-11-6-5-10(14-11)4-3-9-2-1-7-13-8-9/h1-2,5-8H. The lowest BCUT2D eigenvalue weighted by molar-refractivity contribution is 1.31. The molecule has 2 heterocycles. The first-order valence-corrected chi connectivity index (χ1v) is 5.21. The zero-order valence-corrected chi connectivity index (χ0v) is 8.77. The van der Waals surface area contributed by atoms with Crippen LogP contribution in [0.25, 0.3) is 0 Å². The van der Waals surface area contributed by atoms with Crippen LogP contribution in [0.15, 0.2) is 36.7 Å². The number of nitrogens with zero attached hydrogens (tertiary/aromatic N) is 1. The summed E-state index contributed by atoms with van der Waals surface area (Å²) >= 11 is 7.26. The Hall–Kier alpha value is -1.30. The van der Waals surface area contributed by atoms with Crippen molar-refractivity contribution in [2.75, 3.05) is 0 Å². The Balaban J connectivity index is 2.23. The number of halogens is 1. The average Bonchev–Trinajstić information content (AvgIpc) is 2.63. The van der Waals surface area contributed by atoms with E-state index in [1.807, 2.05) is 24.3 Å². The molecule has 0 atom stereocenters. The van der Waals surface area contributed by atoms with Gasteiger partial charge in [0.15, 0.2) is 0 Å². The van der Waals surface area contributed by atoms with E-state index in [4.69, 9.17) is 11.6 Å². The predicted octanol–water partition coefficient (Wildman–Crippen LogP) is 3.20. The zero-order valence-electron chi connectivity index (χ0n) is 7.20. The number of hydrogen-bond acceptors (Lipinski definition) is 2. The van der Waals surface area contributed by atoms with Gasteiger partial charge in [-0.15, -0.1) is 11.3 Å². The molecule has 2 aromatic rings. The van der Waals surface area contributed by atoms with Gasteiger partial charge in [-0.25, -0.2) is 0 Å². The first kappa shape index (κ1) is 9.26. The van der Waals surface area contributed by atoms with Crippen LogP contribution in [0.4, 0.5) is 0 Å². The van der Waals surface area contributed by atoms with Crippen LogP contribution in [0, 0.1) is 11.8 Å². The van der Waals surface area contributed by atoms with E-state index in [1.54, 1.807) is 12.4 Å². The number of hydrogen-bond donors (Lipinski definition) is 0. The normalized spacial score (nSPS) is 9.21. The van der Waals surface area contributed by atoms with E-state index >= 15 is 0 Å². The van der Waals surface area contributed by atoms with Crippen LogP contribution >= 0.6 is 22.9 Å². The van der Waals surface area contributed by atoms with Crippen molar-refractivity contribution in [1.82, 2.24) is 4.98 Å². The predicted molar refractivity (Wildman–Crippen MR) is 59.5 cm³/mol. The molecular formula is C11H6ClNS. The van der Waals surface area contributed by atoms with Gasteiger partial charge in [0.05, 0.1) is 9.21 Å². The Kier molecular flexibility index (Phi) is 2.83. The zero-order chi connectivity index (χ0) is 9.80. The van der Waals surface area contributed by atoms with Crippen molar-refractivity contribution in [3.63, 3.8) is 0 Å². The Morgan fingerprint density at radius 3 is 2.79 bits per heavy atom. The molecule has 0 amide bonds. The maximum atomic E-state index is 5.78. The molecule has 0 fully saturated rings. The SMILES string of the molecule is Clc1ccc(C#Cc2cccnc2)s1. The molecule has 0 N–H and O–H groups in total. The topological polar surface area (TPSA) is 12.9 Å². The van der Waals surface area contributed by atoms with Gasteiger partial charge in [0.25, 0.3) is 0 Å². The Morgan fingerprint density at radius 2 is 2.14 bits per heavy atom. The lowest BCUT2D eigenvalue weighted by Crippen LogP contribution is -1.74. The van der Waals surface area contributed by atoms with Crippen LogP contribution in [0.1, 0.15) is 10.4 Å². The highest BCUT2D eigenvalue weighted by molar-refractivity contribution is 7.16. The summed E-state index contributed by atoms with van der Waals surface area (Å²) in [5.41, 5.74) is 0.914. The van der Waals surface area contributed by atoms with Crippen molar-refractivity contribution in [3.8, 4) is 11.8 Å². The fourth-order valence-corrected chi connectivity index (χ4v) is 1.85. The van der Waals surface area contributed by atoms with E-state index < -0.39 is 0 Å². The van der Waals surface area contributed by atoms with Crippen LogP contribution in [-0.2, 0) is 0 Å². The monoisotopic (exact) mass is 219 g/mol. The minimum Gasteiger partial charge on any atom is -0.263 e.